The summed E-state index contributed by atoms with van der Waals surface area (Å²) in [6.07, 6.45) is 0. The van der Waals surface area contributed by atoms with Crippen molar-refractivity contribution in [3.63, 3.8) is 0 Å². The molecule has 0 bridgehead atoms. The molecule has 4 heteroatoms. The van der Waals surface area contributed by atoms with E-state index < -0.39 is 6.04 Å². The number of likely N-dealkylation sites (N-methyl/N-ethyl adjacent to an activating group) is 1. The zero-order chi connectivity index (χ0) is 10.3. The lowest BCUT2D eigenvalue weighted by atomic mass is 10.1. The molecule has 1 aromatic rings. The summed E-state index contributed by atoms with van der Waals surface area (Å²) < 4.78 is 13.1. The molecule has 0 saturated carbocycles. The van der Waals surface area contributed by atoms with E-state index in [2.05, 4.69) is 10.6 Å². The van der Waals surface area contributed by atoms with Gasteiger partial charge in [-0.3, -0.25) is 4.79 Å². The summed E-state index contributed by atoms with van der Waals surface area (Å²) in [6, 6.07) is 2.37. The fourth-order valence-corrected chi connectivity index (χ4v) is 1.79. The Labute approximate surface area is 81.3 Å². The fourth-order valence-electron chi connectivity index (χ4n) is 1.79. The molecule has 1 aliphatic rings. The highest BCUT2D eigenvalue weighted by molar-refractivity contribution is 6.03. The minimum atomic E-state index is -0.431. The Morgan fingerprint density at radius 3 is 2.86 bits per heavy atom. The third-order valence-electron chi connectivity index (χ3n) is 2.44. The van der Waals surface area contributed by atoms with Crippen LogP contribution in [0.1, 0.15) is 17.2 Å². The van der Waals surface area contributed by atoms with Gasteiger partial charge in [-0.25, -0.2) is 4.39 Å². The summed E-state index contributed by atoms with van der Waals surface area (Å²) in [7, 11) is 1.68. The van der Waals surface area contributed by atoms with E-state index in [1.165, 1.54) is 12.1 Å². The van der Waals surface area contributed by atoms with E-state index in [-0.39, 0.29) is 11.7 Å². The maximum atomic E-state index is 13.1. The standard InChI is InChI=1S/C10H11FN2O/c1-5-3-6(11)4-7-8(5)13-10(14)9(7)12-2/h3-4,9,12H,1-2H3,(H,13,14). The topological polar surface area (TPSA) is 41.1 Å². The fraction of sp³-hybridized carbons (Fsp3) is 0.300. The van der Waals surface area contributed by atoms with Crippen LogP contribution in [-0.4, -0.2) is 13.0 Å². The van der Waals surface area contributed by atoms with Gasteiger partial charge in [0.15, 0.2) is 0 Å². The first-order valence-electron chi connectivity index (χ1n) is 4.41. The second-order valence-electron chi connectivity index (χ2n) is 3.40. The Balaban J connectivity index is 2.58. The Bertz CT molecular complexity index is 403. The number of hydrogen-bond donors (Lipinski definition) is 2. The van der Waals surface area contributed by atoms with Gasteiger partial charge in [-0.05, 0) is 31.7 Å². The van der Waals surface area contributed by atoms with Crippen LogP contribution in [0.25, 0.3) is 0 Å². The summed E-state index contributed by atoms with van der Waals surface area (Å²) in [4.78, 5) is 11.4. The number of aryl methyl sites for hydroxylation is 1. The molecule has 14 heavy (non-hydrogen) atoms. The minimum absolute atomic E-state index is 0.129. The SMILES string of the molecule is CNC1C(=O)Nc2c(C)cc(F)cc21. The molecule has 1 unspecified atom stereocenters. The van der Waals surface area contributed by atoms with E-state index in [9.17, 15) is 9.18 Å². The maximum Gasteiger partial charge on any atom is 0.246 e. The van der Waals surface area contributed by atoms with Gasteiger partial charge >= 0.3 is 0 Å². The normalized spacial score (nSPS) is 19.4. The highest BCUT2D eigenvalue weighted by Gasteiger charge is 2.30. The molecule has 0 aromatic heterocycles. The highest BCUT2D eigenvalue weighted by Crippen LogP contribution is 2.33. The molecule has 74 valence electrons. The molecule has 1 heterocycles. The number of halogens is 1. The van der Waals surface area contributed by atoms with Crippen LogP contribution >= 0.6 is 0 Å². The third-order valence-corrected chi connectivity index (χ3v) is 2.44. The first kappa shape index (κ1) is 9.15. The van der Waals surface area contributed by atoms with Crippen molar-refractivity contribution in [2.75, 3.05) is 12.4 Å². The van der Waals surface area contributed by atoms with Crippen LogP contribution in [0.4, 0.5) is 10.1 Å². The predicted octanol–water partition coefficient (Wildman–Crippen LogP) is 1.35. The predicted molar refractivity (Wildman–Crippen MR) is 51.6 cm³/mol. The Morgan fingerprint density at radius 2 is 2.21 bits per heavy atom. The monoisotopic (exact) mass is 194 g/mol. The number of amides is 1. The average molecular weight is 194 g/mol. The molecule has 0 radical (unpaired) electrons. The number of carbonyl (C=O) groups excluding carboxylic acids is 1. The molecule has 0 spiro atoms. The van der Waals surface area contributed by atoms with Crippen molar-refractivity contribution in [3.8, 4) is 0 Å². The maximum absolute atomic E-state index is 13.1. The molecule has 1 aliphatic heterocycles. The zero-order valence-electron chi connectivity index (χ0n) is 8.02. The van der Waals surface area contributed by atoms with E-state index in [1.807, 2.05) is 0 Å². The van der Waals surface area contributed by atoms with Gasteiger partial charge in [-0.1, -0.05) is 0 Å². The number of carbonyl (C=O) groups is 1. The van der Waals surface area contributed by atoms with E-state index in [0.29, 0.717) is 5.56 Å². The lowest BCUT2D eigenvalue weighted by Gasteiger charge is -2.07. The minimum Gasteiger partial charge on any atom is -0.324 e. The van der Waals surface area contributed by atoms with Gasteiger partial charge in [0.05, 0.1) is 0 Å². The lowest BCUT2D eigenvalue weighted by molar-refractivity contribution is -0.117. The van der Waals surface area contributed by atoms with Crippen molar-refractivity contribution in [1.82, 2.24) is 5.32 Å². The Hall–Kier alpha value is -1.42. The first-order valence-corrected chi connectivity index (χ1v) is 4.41. The van der Waals surface area contributed by atoms with Gasteiger partial charge in [-0.2, -0.15) is 0 Å². The smallest absolute Gasteiger partial charge is 0.246 e. The average Bonchev–Trinajstić information content (AvgIpc) is 2.41. The number of nitrogens with one attached hydrogen (secondary N) is 2. The van der Waals surface area contributed by atoms with Crippen LogP contribution in [0.2, 0.25) is 0 Å². The largest absolute Gasteiger partial charge is 0.324 e. The van der Waals surface area contributed by atoms with Crippen molar-refractivity contribution in [2.24, 2.45) is 0 Å². The zero-order valence-corrected chi connectivity index (χ0v) is 8.02. The number of rotatable bonds is 1. The van der Waals surface area contributed by atoms with Gasteiger partial charge < -0.3 is 10.6 Å². The second-order valence-corrected chi connectivity index (χ2v) is 3.40. The van der Waals surface area contributed by atoms with E-state index in [4.69, 9.17) is 0 Å². The highest BCUT2D eigenvalue weighted by atomic mass is 19.1. The molecular formula is C10H11FN2O. The Kier molecular flexibility index (Phi) is 2.00. The molecule has 3 nitrogen and oxygen atoms in total. The van der Waals surface area contributed by atoms with Crippen LogP contribution in [0, 0.1) is 12.7 Å². The van der Waals surface area contributed by atoms with Crippen molar-refractivity contribution in [1.29, 1.82) is 0 Å². The van der Waals surface area contributed by atoms with Crippen LogP contribution in [-0.2, 0) is 4.79 Å². The van der Waals surface area contributed by atoms with Gasteiger partial charge in [-0.15, -0.1) is 0 Å². The van der Waals surface area contributed by atoms with Crippen molar-refractivity contribution < 1.29 is 9.18 Å². The number of benzene rings is 1. The van der Waals surface area contributed by atoms with Gasteiger partial charge in [0.25, 0.3) is 0 Å². The molecule has 0 aliphatic carbocycles. The molecule has 0 fully saturated rings. The van der Waals surface area contributed by atoms with Crippen molar-refractivity contribution in [2.45, 2.75) is 13.0 Å². The van der Waals surface area contributed by atoms with Crippen LogP contribution < -0.4 is 10.6 Å². The molecule has 1 aromatic carbocycles. The number of fused-ring (bicyclic) bond motifs is 1. The first-order chi connectivity index (χ1) is 6.63. The molecule has 2 N–H and O–H groups in total. The lowest BCUT2D eigenvalue weighted by Crippen LogP contribution is -2.23. The molecule has 2 rings (SSSR count). The summed E-state index contributed by atoms with van der Waals surface area (Å²) in [5.74, 6) is -0.436. The van der Waals surface area contributed by atoms with Gasteiger partial charge in [0, 0.05) is 11.3 Å². The quantitative estimate of drug-likeness (QED) is 0.708. The number of hydrogen-bond acceptors (Lipinski definition) is 2. The summed E-state index contributed by atoms with van der Waals surface area (Å²) >= 11 is 0. The summed E-state index contributed by atoms with van der Waals surface area (Å²) in [6.45, 7) is 1.78. The molecular weight excluding hydrogens is 183 g/mol. The second kappa shape index (κ2) is 3.06. The van der Waals surface area contributed by atoms with Crippen molar-refractivity contribution >= 4 is 11.6 Å². The Morgan fingerprint density at radius 1 is 1.50 bits per heavy atom. The van der Waals surface area contributed by atoms with Crippen LogP contribution in [0.5, 0.6) is 0 Å². The molecule has 1 atom stereocenters. The van der Waals surface area contributed by atoms with Gasteiger partial charge in [0.2, 0.25) is 5.91 Å². The molecule has 0 saturated heterocycles. The van der Waals surface area contributed by atoms with Crippen molar-refractivity contribution in [3.05, 3.63) is 29.1 Å². The third kappa shape index (κ3) is 1.19. The van der Waals surface area contributed by atoms with E-state index in [1.54, 1.807) is 14.0 Å². The van der Waals surface area contributed by atoms with E-state index >= 15 is 0 Å². The molecule has 1 amide bonds. The van der Waals surface area contributed by atoms with Crippen LogP contribution in [0.15, 0.2) is 12.1 Å². The summed E-state index contributed by atoms with van der Waals surface area (Å²) in [5, 5.41) is 5.57. The van der Waals surface area contributed by atoms with Gasteiger partial charge in [0.1, 0.15) is 11.9 Å². The van der Waals surface area contributed by atoms with E-state index in [0.717, 1.165) is 11.3 Å². The number of anilines is 1. The summed E-state index contributed by atoms with van der Waals surface area (Å²) in [5.41, 5.74) is 2.18. The van der Waals surface area contributed by atoms with Crippen LogP contribution in [0.3, 0.4) is 0 Å².